The molecule has 0 N–H and O–H groups in total. The lowest BCUT2D eigenvalue weighted by atomic mass is 10.2. The first-order valence-corrected chi connectivity index (χ1v) is 11.3. The number of aromatic nitrogens is 2. The predicted octanol–water partition coefficient (Wildman–Crippen LogP) is 5.03. The third-order valence-electron chi connectivity index (χ3n) is 4.97. The van der Waals surface area contributed by atoms with Gasteiger partial charge in [0, 0.05) is 18.4 Å². The number of fused-ring (bicyclic) bond motifs is 1. The summed E-state index contributed by atoms with van der Waals surface area (Å²) in [5.74, 6) is 1.17. The van der Waals surface area contributed by atoms with Crippen LogP contribution in [0.2, 0.25) is 0 Å². The molecule has 0 aliphatic carbocycles. The van der Waals surface area contributed by atoms with Crippen molar-refractivity contribution in [2.75, 3.05) is 5.01 Å². The molecule has 0 fully saturated rings. The lowest BCUT2D eigenvalue weighted by Gasteiger charge is -2.22. The van der Waals surface area contributed by atoms with Gasteiger partial charge in [-0.15, -0.1) is 0 Å². The normalized spacial score (nSPS) is 12.8. The molecule has 32 heavy (non-hydrogen) atoms. The Bertz CT molecular complexity index is 1170. The number of anilines is 1. The number of hydrogen-bond acceptors (Lipinski definition) is 6. The zero-order valence-corrected chi connectivity index (χ0v) is 19.1. The van der Waals surface area contributed by atoms with Gasteiger partial charge in [-0.2, -0.15) is 10.1 Å². The van der Waals surface area contributed by atoms with Gasteiger partial charge in [-0.1, -0.05) is 61.9 Å². The van der Waals surface area contributed by atoms with Gasteiger partial charge >= 0.3 is 0 Å². The maximum absolute atomic E-state index is 12.9. The highest BCUT2D eigenvalue weighted by molar-refractivity contribution is 8.14. The highest BCUT2D eigenvalue weighted by Crippen LogP contribution is 2.39. The Morgan fingerprint density at radius 1 is 0.969 bits per heavy atom. The van der Waals surface area contributed by atoms with Gasteiger partial charge in [0.1, 0.15) is 22.4 Å². The molecule has 2 heterocycles. The number of carbonyl (C=O) groups excluding carboxylic acids is 2. The van der Waals surface area contributed by atoms with E-state index < -0.39 is 0 Å². The van der Waals surface area contributed by atoms with Crippen molar-refractivity contribution in [2.24, 2.45) is 5.10 Å². The SMILES string of the molecule is CCC(=O)N1N=C(c2ccc(C)cc2)Sc2c1nc(COc1ccccc1)n2C(=O)CC. The van der Waals surface area contributed by atoms with E-state index in [1.54, 1.807) is 18.4 Å². The second kappa shape index (κ2) is 9.40. The van der Waals surface area contributed by atoms with Crippen molar-refractivity contribution in [2.45, 2.75) is 45.2 Å². The number of nitrogens with zero attached hydrogens (tertiary/aromatic N) is 4. The van der Waals surface area contributed by atoms with E-state index >= 15 is 0 Å². The number of hydrogen-bond donors (Lipinski definition) is 0. The molecule has 164 valence electrons. The van der Waals surface area contributed by atoms with Crippen molar-refractivity contribution < 1.29 is 14.3 Å². The molecule has 0 bridgehead atoms. The second-order valence-corrected chi connectivity index (χ2v) is 8.25. The minimum Gasteiger partial charge on any atom is -0.486 e. The van der Waals surface area contributed by atoms with Gasteiger partial charge in [-0.25, -0.2) is 4.98 Å². The number of para-hydroxylation sites is 1. The van der Waals surface area contributed by atoms with E-state index in [2.05, 4.69) is 10.1 Å². The number of thioether (sulfide) groups is 1. The molecule has 2 aromatic carbocycles. The van der Waals surface area contributed by atoms with Gasteiger partial charge < -0.3 is 4.74 Å². The summed E-state index contributed by atoms with van der Waals surface area (Å²) in [6, 6.07) is 17.3. The summed E-state index contributed by atoms with van der Waals surface area (Å²) in [7, 11) is 0. The van der Waals surface area contributed by atoms with Crippen LogP contribution < -0.4 is 9.75 Å². The molecule has 3 aromatic rings. The quantitative estimate of drug-likeness (QED) is 0.529. The minimum absolute atomic E-state index is 0.0946. The van der Waals surface area contributed by atoms with Gasteiger partial charge in [0.05, 0.1) is 0 Å². The Labute approximate surface area is 191 Å². The van der Waals surface area contributed by atoms with Crippen molar-refractivity contribution in [3.63, 3.8) is 0 Å². The van der Waals surface area contributed by atoms with E-state index in [-0.39, 0.29) is 24.8 Å². The Kier molecular flexibility index (Phi) is 6.41. The third kappa shape index (κ3) is 4.31. The highest BCUT2D eigenvalue weighted by Gasteiger charge is 2.33. The summed E-state index contributed by atoms with van der Waals surface area (Å²) in [6.45, 7) is 5.68. The van der Waals surface area contributed by atoms with E-state index in [0.29, 0.717) is 33.9 Å². The lowest BCUT2D eigenvalue weighted by molar-refractivity contribution is -0.118. The summed E-state index contributed by atoms with van der Waals surface area (Å²) in [6.07, 6.45) is 0.555. The topological polar surface area (TPSA) is 76.8 Å². The summed E-state index contributed by atoms with van der Waals surface area (Å²) in [5.41, 5.74) is 2.00. The summed E-state index contributed by atoms with van der Waals surface area (Å²) in [5, 5.41) is 7.12. The first-order chi connectivity index (χ1) is 15.5. The van der Waals surface area contributed by atoms with Gasteiger partial charge in [-0.05, 0) is 30.8 Å². The van der Waals surface area contributed by atoms with E-state index in [4.69, 9.17) is 4.74 Å². The zero-order chi connectivity index (χ0) is 22.7. The molecule has 1 aromatic heterocycles. The van der Waals surface area contributed by atoms with Gasteiger partial charge in [0.2, 0.25) is 11.8 Å². The zero-order valence-electron chi connectivity index (χ0n) is 18.2. The standard InChI is InChI=1S/C24H24N4O3S/c1-4-20(29)27-19(15-31-18-9-7-6-8-10-18)25-22-24(27)32-23(26-28(22)21(30)5-2)17-13-11-16(3)12-14-17/h6-14H,4-5,15H2,1-3H3. The maximum atomic E-state index is 12.9. The average Bonchev–Trinajstić information content (AvgIpc) is 3.20. The maximum Gasteiger partial charge on any atom is 0.248 e. The van der Waals surface area contributed by atoms with Crippen molar-refractivity contribution in [3.05, 3.63) is 71.5 Å². The minimum atomic E-state index is -0.194. The highest BCUT2D eigenvalue weighted by atomic mass is 32.2. The molecular weight excluding hydrogens is 424 g/mol. The van der Waals surface area contributed by atoms with Crippen LogP contribution in [0.4, 0.5) is 5.82 Å². The number of ether oxygens (including phenoxy) is 1. The van der Waals surface area contributed by atoms with E-state index in [0.717, 1.165) is 11.1 Å². The van der Waals surface area contributed by atoms with Crippen LogP contribution in [0.5, 0.6) is 5.75 Å². The number of benzene rings is 2. The first-order valence-electron chi connectivity index (χ1n) is 10.5. The number of rotatable bonds is 6. The molecule has 1 aliphatic heterocycles. The van der Waals surface area contributed by atoms with Crippen LogP contribution in [0.3, 0.4) is 0 Å². The van der Waals surface area contributed by atoms with E-state index in [1.807, 2.05) is 61.5 Å². The van der Waals surface area contributed by atoms with Crippen LogP contribution >= 0.6 is 11.8 Å². The molecule has 8 heteroatoms. The van der Waals surface area contributed by atoms with E-state index in [1.165, 1.54) is 16.8 Å². The fourth-order valence-electron chi connectivity index (χ4n) is 3.23. The molecular formula is C24H24N4O3S. The van der Waals surface area contributed by atoms with Crippen LogP contribution in [0.25, 0.3) is 0 Å². The largest absolute Gasteiger partial charge is 0.486 e. The van der Waals surface area contributed by atoms with Crippen molar-refractivity contribution in [3.8, 4) is 5.75 Å². The van der Waals surface area contributed by atoms with Gasteiger partial charge in [0.15, 0.2) is 11.6 Å². The molecule has 4 rings (SSSR count). The van der Waals surface area contributed by atoms with Crippen molar-refractivity contribution in [1.29, 1.82) is 0 Å². The molecule has 1 amide bonds. The van der Waals surface area contributed by atoms with Crippen LogP contribution in [0, 0.1) is 6.92 Å². The average molecular weight is 449 g/mol. The number of amides is 1. The fraction of sp³-hybridized carbons (Fsp3) is 0.250. The number of carbonyl (C=O) groups is 2. The lowest BCUT2D eigenvalue weighted by Crippen LogP contribution is -2.29. The monoisotopic (exact) mass is 448 g/mol. The Hall–Kier alpha value is -3.39. The number of aryl methyl sites for hydroxylation is 1. The summed E-state index contributed by atoms with van der Waals surface area (Å²) < 4.78 is 7.42. The Morgan fingerprint density at radius 2 is 1.66 bits per heavy atom. The van der Waals surface area contributed by atoms with Crippen LogP contribution in [-0.2, 0) is 11.4 Å². The molecule has 7 nitrogen and oxygen atoms in total. The summed E-state index contributed by atoms with van der Waals surface area (Å²) in [4.78, 5) is 30.3. The summed E-state index contributed by atoms with van der Waals surface area (Å²) >= 11 is 1.34. The molecule has 0 saturated heterocycles. The van der Waals surface area contributed by atoms with Crippen LogP contribution in [-0.4, -0.2) is 26.4 Å². The Balaban J connectivity index is 1.77. The third-order valence-corrected chi connectivity index (χ3v) is 6.04. The predicted molar refractivity (Wildman–Crippen MR) is 125 cm³/mol. The molecule has 0 saturated carbocycles. The van der Waals surface area contributed by atoms with Crippen LogP contribution in [0.1, 0.15) is 48.4 Å². The van der Waals surface area contributed by atoms with Crippen molar-refractivity contribution >= 4 is 34.4 Å². The molecule has 0 spiro atoms. The molecule has 0 radical (unpaired) electrons. The molecule has 0 unspecified atom stereocenters. The Morgan fingerprint density at radius 3 is 2.31 bits per heavy atom. The first kappa shape index (κ1) is 21.8. The molecule has 1 aliphatic rings. The number of hydrazone groups is 1. The number of imidazole rings is 1. The van der Waals surface area contributed by atoms with Gasteiger partial charge in [-0.3, -0.25) is 14.2 Å². The van der Waals surface area contributed by atoms with Crippen LogP contribution in [0.15, 0.2) is 64.7 Å². The van der Waals surface area contributed by atoms with Gasteiger partial charge in [0.25, 0.3) is 0 Å². The second-order valence-electron chi connectivity index (χ2n) is 7.27. The molecule has 0 atom stereocenters. The smallest absolute Gasteiger partial charge is 0.248 e. The van der Waals surface area contributed by atoms with Crippen molar-refractivity contribution in [1.82, 2.24) is 9.55 Å². The fourth-order valence-corrected chi connectivity index (χ4v) is 4.31. The van der Waals surface area contributed by atoms with E-state index in [9.17, 15) is 9.59 Å².